The van der Waals surface area contributed by atoms with Crippen LogP contribution in [-0.4, -0.2) is 70.0 Å². The predicted octanol–water partition coefficient (Wildman–Crippen LogP) is 21.1. The molecule has 0 rings (SSSR count). The van der Waals surface area contributed by atoms with Gasteiger partial charge in [-0.3, -0.25) is 14.2 Å². The van der Waals surface area contributed by atoms with Crippen molar-refractivity contribution < 1.29 is 42.1 Å². The number of hydrogen-bond donors (Lipinski definition) is 0. The Labute approximate surface area is 506 Å². The maximum absolute atomic E-state index is 12.9. The molecule has 2 atom stereocenters. The molecule has 0 aliphatic rings. The SMILES string of the molecule is CC/C=C\C/C=C\C/C=C\C/C=C\C/C=C\CCCCCCCCCCCCCCCCCCCC(=O)OC(COC(=O)CCCCCCCCCCCCCC/C=C\C/C=C\C/C=C\C/C=C\CC)COP(=O)([O-])OCC[N+](C)(C)C. The fraction of sp³-hybridized carbons (Fsp3) is 0.722. The Balaban J connectivity index is 4.06. The number of phosphoric acid groups is 1. The van der Waals surface area contributed by atoms with Crippen LogP contribution in [0.4, 0.5) is 0 Å². The van der Waals surface area contributed by atoms with E-state index in [0.717, 1.165) is 96.3 Å². The van der Waals surface area contributed by atoms with Gasteiger partial charge in [-0.1, -0.05) is 284 Å². The number of rotatable bonds is 61. The summed E-state index contributed by atoms with van der Waals surface area (Å²) in [7, 11) is 1.16. The fourth-order valence-electron chi connectivity index (χ4n) is 9.21. The van der Waals surface area contributed by atoms with Crippen molar-refractivity contribution in [2.45, 2.75) is 290 Å². The first-order chi connectivity index (χ1) is 40.0. The first-order valence-electron chi connectivity index (χ1n) is 33.6. The van der Waals surface area contributed by atoms with Crippen LogP contribution in [0, 0.1) is 0 Å². The predicted molar refractivity (Wildman–Crippen MR) is 351 cm³/mol. The molecule has 0 bridgehead atoms. The van der Waals surface area contributed by atoms with Crippen LogP contribution < -0.4 is 4.89 Å². The normalized spacial score (nSPS) is 13.9. The molecule has 0 heterocycles. The Morgan fingerprint density at radius 1 is 0.378 bits per heavy atom. The Kier molecular flexibility index (Phi) is 59.7. The zero-order chi connectivity index (χ0) is 59.8. The van der Waals surface area contributed by atoms with Gasteiger partial charge in [0.1, 0.15) is 19.8 Å². The average Bonchev–Trinajstić information content (AvgIpc) is 3.46. The number of quaternary nitrogens is 1. The van der Waals surface area contributed by atoms with E-state index in [1.54, 1.807) is 0 Å². The molecule has 9 nitrogen and oxygen atoms in total. The van der Waals surface area contributed by atoms with Crippen LogP contribution in [0.2, 0.25) is 0 Å². The minimum atomic E-state index is -4.65. The van der Waals surface area contributed by atoms with Gasteiger partial charge in [0.2, 0.25) is 0 Å². The lowest BCUT2D eigenvalue weighted by Gasteiger charge is -2.28. The van der Waals surface area contributed by atoms with E-state index in [1.807, 2.05) is 21.1 Å². The van der Waals surface area contributed by atoms with Gasteiger partial charge in [-0.05, 0) is 96.3 Å². The quantitative estimate of drug-likeness (QED) is 0.0195. The van der Waals surface area contributed by atoms with Crippen LogP contribution in [-0.2, 0) is 32.7 Å². The monoisotopic (exact) mass is 1160 g/mol. The number of phosphoric ester groups is 1. The summed E-state index contributed by atoms with van der Waals surface area (Å²) >= 11 is 0. The molecule has 82 heavy (non-hydrogen) atoms. The summed E-state index contributed by atoms with van der Waals surface area (Å²) in [6.45, 7) is 4.03. The Morgan fingerprint density at radius 3 is 0.976 bits per heavy atom. The van der Waals surface area contributed by atoms with Crippen LogP contribution in [0.3, 0.4) is 0 Å². The molecule has 0 amide bonds. The molecule has 0 radical (unpaired) electrons. The van der Waals surface area contributed by atoms with Crippen molar-refractivity contribution in [3.8, 4) is 0 Å². The van der Waals surface area contributed by atoms with E-state index in [1.165, 1.54) is 154 Å². The number of ether oxygens (including phenoxy) is 2. The van der Waals surface area contributed by atoms with E-state index in [9.17, 15) is 19.0 Å². The second kappa shape index (κ2) is 62.2. The van der Waals surface area contributed by atoms with E-state index >= 15 is 0 Å². The molecule has 2 unspecified atom stereocenters. The number of carbonyl (C=O) groups is 2. The molecule has 0 saturated carbocycles. The van der Waals surface area contributed by atoms with Gasteiger partial charge in [0.05, 0.1) is 27.7 Å². The number of likely N-dealkylation sites (N-methyl/N-ethyl adjacent to an activating group) is 1. The van der Waals surface area contributed by atoms with Gasteiger partial charge >= 0.3 is 11.9 Å². The highest BCUT2D eigenvalue weighted by atomic mass is 31.2. The lowest BCUT2D eigenvalue weighted by Crippen LogP contribution is -2.37. The van der Waals surface area contributed by atoms with Crippen molar-refractivity contribution in [3.05, 3.63) is 109 Å². The number of esters is 2. The van der Waals surface area contributed by atoms with E-state index in [0.29, 0.717) is 17.4 Å². The standard InChI is InChI=1S/C72H126NO8P/c1-6-8-10-12-14-16-18-20-22-24-26-28-30-32-33-34-35-36-37-38-39-41-43-45-47-49-51-53-55-57-59-61-63-65-72(75)81-70(69-80-82(76,77)79-67-66-73(3,4)5)68-78-71(74)64-62-60-58-56-54-52-50-48-46-44-42-40-31-29-27-25-23-21-19-17-15-13-11-9-7-2/h8-11,14-17,20-23,26-29,32-33,70H,6-7,12-13,18-19,24-25,30-31,34-69H2,1-5H3/b10-8-,11-9-,16-14-,17-15-,22-20-,23-21-,28-26-,29-27-,33-32-. The van der Waals surface area contributed by atoms with Crippen LogP contribution in [0.15, 0.2) is 109 Å². The summed E-state index contributed by atoms with van der Waals surface area (Å²) in [5.41, 5.74) is 0. The minimum absolute atomic E-state index is 0.0341. The van der Waals surface area contributed by atoms with Crippen molar-refractivity contribution in [2.24, 2.45) is 0 Å². The second-order valence-electron chi connectivity index (χ2n) is 23.4. The number of hydrogen-bond acceptors (Lipinski definition) is 8. The maximum Gasteiger partial charge on any atom is 0.306 e. The third kappa shape index (κ3) is 65.8. The summed E-state index contributed by atoms with van der Waals surface area (Å²) in [4.78, 5) is 38.0. The van der Waals surface area contributed by atoms with Crippen LogP contribution in [0.1, 0.15) is 284 Å². The molecule has 0 fully saturated rings. The second-order valence-corrected chi connectivity index (χ2v) is 24.8. The number of allylic oxidation sites excluding steroid dienone is 18. The Hall–Kier alpha value is -3.33. The number of unbranched alkanes of at least 4 members (excludes halogenated alkanes) is 29. The first kappa shape index (κ1) is 78.7. The first-order valence-corrected chi connectivity index (χ1v) is 35.1. The van der Waals surface area contributed by atoms with Gasteiger partial charge in [-0.2, -0.15) is 0 Å². The highest BCUT2D eigenvalue weighted by molar-refractivity contribution is 7.45. The minimum Gasteiger partial charge on any atom is -0.756 e. The molecule has 472 valence electrons. The molecule has 0 saturated heterocycles. The van der Waals surface area contributed by atoms with Crippen LogP contribution in [0.25, 0.3) is 0 Å². The number of carbonyl (C=O) groups excluding carboxylic acids is 2. The highest BCUT2D eigenvalue weighted by Gasteiger charge is 2.22. The summed E-state index contributed by atoms with van der Waals surface area (Å²) in [6.07, 6.45) is 87.3. The molecule has 0 spiro atoms. The van der Waals surface area contributed by atoms with Crippen LogP contribution in [0.5, 0.6) is 0 Å². The maximum atomic E-state index is 12.9. The van der Waals surface area contributed by atoms with Crippen molar-refractivity contribution in [2.75, 3.05) is 47.5 Å². The van der Waals surface area contributed by atoms with Crippen LogP contribution >= 0.6 is 7.82 Å². The number of nitrogens with zero attached hydrogens (tertiary/aromatic N) is 1. The van der Waals surface area contributed by atoms with Gasteiger partial charge in [0, 0.05) is 12.8 Å². The van der Waals surface area contributed by atoms with E-state index in [2.05, 4.69) is 123 Å². The van der Waals surface area contributed by atoms with E-state index in [-0.39, 0.29) is 32.0 Å². The third-order valence-corrected chi connectivity index (χ3v) is 15.3. The van der Waals surface area contributed by atoms with Gasteiger partial charge in [-0.15, -0.1) is 0 Å². The smallest absolute Gasteiger partial charge is 0.306 e. The lowest BCUT2D eigenvalue weighted by molar-refractivity contribution is -0.870. The molecule has 0 aromatic rings. The summed E-state index contributed by atoms with van der Waals surface area (Å²) in [5.74, 6) is -0.831. The molecule has 10 heteroatoms. The molecule has 0 aromatic heterocycles. The summed E-state index contributed by atoms with van der Waals surface area (Å²) in [6, 6.07) is 0. The molecule has 0 aliphatic heterocycles. The van der Waals surface area contributed by atoms with Gasteiger partial charge in [-0.25, -0.2) is 0 Å². The largest absolute Gasteiger partial charge is 0.756 e. The zero-order valence-electron chi connectivity index (χ0n) is 53.7. The highest BCUT2D eigenvalue weighted by Crippen LogP contribution is 2.38. The van der Waals surface area contributed by atoms with Crippen molar-refractivity contribution in [1.82, 2.24) is 0 Å². The third-order valence-electron chi connectivity index (χ3n) is 14.3. The Bertz CT molecular complexity index is 1750. The Morgan fingerprint density at radius 2 is 0.659 bits per heavy atom. The fourth-order valence-corrected chi connectivity index (χ4v) is 9.93. The average molecular weight is 1160 g/mol. The van der Waals surface area contributed by atoms with Crippen molar-refractivity contribution >= 4 is 19.8 Å². The van der Waals surface area contributed by atoms with E-state index < -0.39 is 26.5 Å². The van der Waals surface area contributed by atoms with E-state index in [4.69, 9.17) is 18.5 Å². The van der Waals surface area contributed by atoms with Gasteiger partial charge in [0.25, 0.3) is 7.82 Å². The molecule has 0 aliphatic carbocycles. The van der Waals surface area contributed by atoms with Gasteiger partial charge in [0.15, 0.2) is 6.10 Å². The topological polar surface area (TPSA) is 111 Å². The molecular weight excluding hydrogens is 1040 g/mol. The van der Waals surface area contributed by atoms with Gasteiger partial charge < -0.3 is 27.9 Å². The van der Waals surface area contributed by atoms with Crippen molar-refractivity contribution in [1.29, 1.82) is 0 Å². The lowest BCUT2D eigenvalue weighted by atomic mass is 10.0. The molecule has 0 N–H and O–H groups in total. The van der Waals surface area contributed by atoms with Crippen molar-refractivity contribution in [3.63, 3.8) is 0 Å². The summed E-state index contributed by atoms with van der Waals surface area (Å²) < 4.78 is 34.3. The summed E-state index contributed by atoms with van der Waals surface area (Å²) in [5, 5.41) is 0. The molecular formula is C72H126NO8P. The molecule has 0 aromatic carbocycles. The zero-order valence-corrected chi connectivity index (χ0v) is 54.6.